The number of halogens is 1. The summed E-state index contributed by atoms with van der Waals surface area (Å²) in [5.74, 6) is -0.296. The van der Waals surface area contributed by atoms with E-state index in [1.807, 2.05) is 24.3 Å². The number of aryl methyl sites for hydroxylation is 1. The molecule has 158 valence electrons. The van der Waals surface area contributed by atoms with Gasteiger partial charge in [0.1, 0.15) is 0 Å². The first kappa shape index (κ1) is 21.0. The van der Waals surface area contributed by atoms with Crippen LogP contribution in [0.2, 0.25) is 0 Å². The van der Waals surface area contributed by atoms with Gasteiger partial charge in [-0.1, -0.05) is 12.1 Å². The number of para-hydroxylation sites is 2. The molecule has 30 heavy (non-hydrogen) atoms. The van der Waals surface area contributed by atoms with Crippen LogP contribution in [0.3, 0.4) is 0 Å². The van der Waals surface area contributed by atoms with E-state index < -0.39 is 10.0 Å². The number of nitrogens with one attached hydrogen (secondary N) is 1. The Bertz CT molecular complexity index is 1170. The Kier molecular flexibility index (Phi) is 6.21. The Morgan fingerprint density at radius 2 is 1.90 bits per heavy atom. The lowest BCUT2D eigenvalue weighted by molar-refractivity contribution is 0.0952. The maximum atomic E-state index is 12.8. The minimum atomic E-state index is -3.56. The van der Waals surface area contributed by atoms with E-state index in [0.29, 0.717) is 29.7 Å². The van der Waals surface area contributed by atoms with Gasteiger partial charge < -0.3 is 9.88 Å². The molecule has 1 amide bonds. The Labute approximate surface area is 184 Å². The van der Waals surface area contributed by atoms with E-state index in [4.69, 9.17) is 0 Å². The average Bonchev–Trinajstić information content (AvgIpc) is 3.42. The van der Waals surface area contributed by atoms with Crippen molar-refractivity contribution in [2.75, 3.05) is 19.6 Å². The number of hydrogen-bond donors (Lipinski definition) is 1. The summed E-state index contributed by atoms with van der Waals surface area (Å²) in [4.78, 5) is 17.2. The molecule has 1 aliphatic rings. The van der Waals surface area contributed by atoms with E-state index in [-0.39, 0.29) is 10.8 Å². The van der Waals surface area contributed by atoms with Gasteiger partial charge in [0.25, 0.3) is 5.91 Å². The minimum absolute atomic E-state index is 0.155. The second kappa shape index (κ2) is 8.87. The zero-order valence-electron chi connectivity index (χ0n) is 16.4. The summed E-state index contributed by atoms with van der Waals surface area (Å²) < 4.78 is 29.7. The summed E-state index contributed by atoms with van der Waals surface area (Å²) in [6.45, 7) is 2.26. The lowest BCUT2D eigenvalue weighted by Crippen LogP contribution is -2.29. The molecule has 1 aliphatic heterocycles. The van der Waals surface area contributed by atoms with Crippen LogP contribution in [0.1, 0.15) is 29.6 Å². The third-order valence-corrected chi connectivity index (χ3v) is 7.86. The fourth-order valence-corrected chi connectivity index (χ4v) is 5.62. The monoisotopic (exact) mass is 490 g/mol. The number of carbonyl (C=O) groups is 1. The molecule has 9 heteroatoms. The molecule has 2 heterocycles. The zero-order valence-corrected chi connectivity index (χ0v) is 18.8. The van der Waals surface area contributed by atoms with Crippen molar-refractivity contribution in [1.82, 2.24) is 19.2 Å². The minimum Gasteiger partial charge on any atom is -0.352 e. The Hall–Kier alpha value is -2.23. The largest absolute Gasteiger partial charge is 0.352 e. The molecular weight excluding hydrogens is 468 g/mol. The first-order valence-electron chi connectivity index (χ1n) is 9.94. The number of carbonyl (C=O) groups excluding carboxylic acids is 1. The second-order valence-electron chi connectivity index (χ2n) is 7.29. The van der Waals surface area contributed by atoms with Gasteiger partial charge in [0, 0.05) is 30.7 Å². The molecule has 4 rings (SSSR count). The molecule has 1 fully saturated rings. The highest BCUT2D eigenvalue weighted by molar-refractivity contribution is 9.10. The van der Waals surface area contributed by atoms with Crippen LogP contribution in [0.15, 0.2) is 58.2 Å². The van der Waals surface area contributed by atoms with Gasteiger partial charge in [-0.05, 0) is 65.5 Å². The number of nitrogens with zero attached hydrogens (tertiary/aromatic N) is 3. The average molecular weight is 491 g/mol. The third-order valence-electron chi connectivity index (χ3n) is 5.27. The van der Waals surface area contributed by atoms with Gasteiger partial charge >= 0.3 is 0 Å². The highest BCUT2D eigenvalue weighted by atomic mass is 79.9. The van der Waals surface area contributed by atoms with Crippen molar-refractivity contribution in [2.45, 2.75) is 30.7 Å². The van der Waals surface area contributed by atoms with Crippen molar-refractivity contribution in [3.63, 3.8) is 0 Å². The van der Waals surface area contributed by atoms with E-state index in [1.165, 1.54) is 10.4 Å². The second-order valence-corrected chi connectivity index (χ2v) is 10.1. The molecule has 1 N–H and O–H groups in total. The molecule has 1 saturated heterocycles. The highest BCUT2D eigenvalue weighted by Crippen LogP contribution is 2.25. The van der Waals surface area contributed by atoms with Crippen LogP contribution in [0, 0.1) is 0 Å². The molecule has 7 nitrogen and oxygen atoms in total. The fraction of sp³-hybridized carbons (Fsp3) is 0.333. The van der Waals surface area contributed by atoms with Crippen molar-refractivity contribution in [1.29, 1.82) is 0 Å². The normalized spacial score (nSPS) is 15.0. The Morgan fingerprint density at radius 3 is 2.70 bits per heavy atom. The van der Waals surface area contributed by atoms with Crippen molar-refractivity contribution in [3.8, 4) is 0 Å². The van der Waals surface area contributed by atoms with Crippen LogP contribution < -0.4 is 5.32 Å². The van der Waals surface area contributed by atoms with Gasteiger partial charge in [-0.3, -0.25) is 4.79 Å². The van der Waals surface area contributed by atoms with Crippen molar-refractivity contribution < 1.29 is 13.2 Å². The van der Waals surface area contributed by atoms with Gasteiger partial charge in [-0.2, -0.15) is 4.31 Å². The first-order valence-corrected chi connectivity index (χ1v) is 12.2. The Balaban J connectivity index is 1.39. The van der Waals surface area contributed by atoms with Gasteiger partial charge in [0.05, 0.1) is 27.8 Å². The molecule has 0 atom stereocenters. The molecule has 0 radical (unpaired) electrons. The zero-order chi connectivity index (χ0) is 21.1. The molecule has 2 aromatic carbocycles. The highest BCUT2D eigenvalue weighted by Gasteiger charge is 2.28. The smallest absolute Gasteiger partial charge is 0.252 e. The van der Waals surface area contributed by atoms with Gasteiger partial charge in [0.15, 0.2) is 0 Å². The summed E-state index contributed by atoms with van der Waals surface area (Å²) in [6, 6.07) is 12.5. The molecule has 1 aromatic heterocycles. The van der Waals surface area contributed by atoms with Gasteiger partial charge in [0.2, 0.25) is 10.0 Å². The van der Waals surface area contributed by atoms with Crippen LogP contribution in [0.25, 0.3) is 11.0 Å². The van der Waals surface area contributed by atoms with Crippen molar-refractivity contribution >= 4 is 42.9 Å². The summed E-state index contributed by atoms with van der Waals surface area (Å²) in [6.07, 6.45) is 4.27. The fourth-order valence-electron chi connectivity index (χ4n) is 3.65. The molecular formula is C21H23BrN4O3S. The Morgan fingerprint density at radius 1 is 1.13 bits per heavy atom. The predicted octanol–water partition coefficient (Wildman–Crippen LogP) is 3.40. The van der Waals surface area contributed by atoms with Gasteiger partial charge in [-0.15, -0.1) is 0 Å². The molecule has 0 unspecified atom stereocenters. The third kappa shape index (κ3) is 4.28. The predicted molar refractivity (Wildman–Crippen MR) is 119 cm³/mol. The number of fused-ring (bicyclic) bond motifs is 1. The molecule has 0 spiro atoms. The summed E-state index contributed by atoms with van der Waals surface area (Å²) in [7, 11) is -3.56. The molecule has 0 bridgehead atoms. The molecule has 3 aromatic rings. The maximum absolute atomic E-state index is 12.8. The van der Waals surface area contributed by atoms with Gasteiger partial charge in [-0.25, -0.2) is 13.4 Å². The van der Waals surface area contributed by atoms with E-state index in [9.17, 15) is 13.2 Å². The quantitative estimate of drug-likeness (QED) is 0.514. The van der Waals surface area contributed by atoms with Crippen molar-refractivity contribution in [3.05, 3.63) is 58.8 Å². The number of imidazole rings is 1. The summed E-state index contributed by atoms with van der Waals surface area (Å²) in [5.41, 5.74) is 2.33. The van der Waals surface area contributed by atoms with E-state index in [2.05, 4.69) is 30.8 Å². The lowest BCUT2D eigenvalue weighted by Gasteiger charge is -2.16. The number of aromatic nitrogens is 2. The topological polar surface area (TPSA) is 84.3 Å². The van der Waals surface area contributed by atoms with Crippen LogP contribution >= 0.6 is 15.9 Å². The van der Waals surface area contributed by atoms with E-state index >= 15 is 0 Å². The lowest BCUT2D eigenvalue weighted by atomic mass is 10.2. The standard InChI is InChI=1S/C21H23BrN4O3S/c22-18-9-8-16(30(28,29)26-12-3-4-13-26)14-17(18)21(27)23-10-5-11-25-15-24-19-6-1-2-7-20(19)25/h1-2,6-9,14-15H,3-5,10-13H2,(H,23,27). The number of rotatable bonds is 7. The first-order chi connectivity index (χ1) is 14.5. The van der Waals surface area contributed by atoms with Crippen LogP contribution in [-0.4, -0.2) is 47.8 Å². The number of hydrogen-bond acceptors (Lipinski definition) is 4. The molecule has 0 aliphatic carbocycles. The van der Waals surface area contributed by atoms with Crippen LogP contribution in [0.5, 0.6) is 0 Å². The van der Waals surface area contributed by atoms with Crippen molar-refractivity contribution in [2.24, 2.45) is 0 Å². The number of sulfonamides is 1. The summed E-state index contributed by atoms with van der Waals surface area (Å²) in [5, 5.41) is 2.89. The number of amides is 1. The van der Waals surface area contributed by atoms with Crippen LogP contribution in [-0.2, 0) is 16.6 Å². The van der Waals surface area contributed by atoms with E-state index in [1.54, 1.807) is 18.5 Å². The maximum Gasteiger partial charge on any atom is 0.252 e. The number of benzene rings is 2. The molecule has 0 saturated carbocycles. The SMILES string of the molecule is O=C(NCCCn1cnc2ccccc21)c1cc(S(=O)(=O)N2CCCC2)ccc1Br. The summed E-state index contributed by atoms with van der Waals surface area (Å²) >= 11 is 3.37. The van der Waals surface area contributed by atoms with E-state index in [0.717, 1.165) is 36.8 Å². The van der Waals surface area contributed by atoms with Crippen LogP contribution in [0.4, 0.5) is 0 Å².